The van der Waals surface area contributed by atoms with Crippen molar-refractivity contribution in [3.8, 4) is 5.75 Å². The first-order chi connectivity index (χ1) is 13.5. The number of hydrogen-bond donors (Lipinski definition) is 1. The molecule has 2 aliphatic rings. The summed E-state index contributed by atoms with van der Waals surface area (Å²) in [6.45, 7) is 4.02. The number of carboxylic acid groups (broad SMARTS) is 1. The Morgan fingerprint density at radius 3 is 2.46 bits per heavy atom. The summed E-state index contributed by atoms with van der Waals surface area (Å²) < 4.78 is 10.9. The average Bonchev–Trinajstić information content (AvgIpc) is 3.22. The van der Waals surface area contributed by atoms with Crippen molar-refractivity contribution in [2.75, 3.05) is 26.8 Å². The summed E-state index contributed by atoms with van der Waals surface area (Å²) in [6.07, 6.45) is 3.45. The van der Waals surface area contributed by atoms with Gasteiger partial charge in [0, 0.05) is 26.1 Å². The molecule has 2 aliphatic heterocycles. The van der Waals surface area contributed by atoms with Crippen LogP contribution in [0.15, 0.2) is 24.3 Å². The Hall–Kier alpha value is -2.08. The molecule has 2 heterocycles. The molecule has 1 N–H and O–H groups in total. The molecule has 2 fully saturated rings. The first kappa shape index (κ1) is 20.6. The number of aliphatic carboxylic acids is 1. The minimum Gasteiger partial charge on any atom is -0.497 e. The molecule has 154 valence electrons. The second kappa shape index (κ2) is 9.41. The van der Waals surface area contributed by atoms with Crippen LogP contribution in [-0.4, -0.2) is 54.8 Å². The van der Waals surface area contributed by atoms with Crippen LogP contribution >= 0.6 is 0 Å². The predicted octanol–water partition coefficient (Wildman–Crippen LogP) is 3.31. The molecule has 1 amide bonds. The van der Waals surface area contributed by atoms with Gasteiger partial charge in [-0.3, -0.25) is 9.59 Å². The highest BCUT2D eigenvalue weighted by molar-refractivity contribution is 5.77. The second-order valence-electron chi connectivity index (χ2n) is 7.87. The number of ether oxygens (including phenoxy) is 2. The zero-order chi connectivity index (χ0) is 20.1. The first-order valence-electron chi connectivity index (χ1n) is 10.3. The molecule has 28 heavy (non-hydrogen) atoms. The van der Waals surface area contributed by atoms with Gasteiger partial charge < -0.3 is 19.5 Å². The summed E-state index contributed by atoms with van der Waals surface area (Å²) in [5, 5.41) is 9.37. The first-order valence-corrected chi connectivity index (χ1v) is 10.3. The molecule has 0 spiro atoms. The highest BCUT2D eigenvalue weighted by Gasteiger charge is 2.40. The van der Waals surface area contributed by atoms with Crippen LogP contribution in [0.25, 0.3) is 0 Å². The van der Waals surface area contributed by atoms with E-state index in [1.165, 1.54) is 0 Å². The maximum atomic E-state index is 12.8. The number of carbonyl (C=O) groups excluding carboxylic acids is 1. The van der Waals surface area contributed by atoms with E-state index in [1.807, 2.05) is 29.2 Å². The molecule has 0 radical (unpaired) electrons. The summed E-state index contributed by atoms with van der Waals surface area (Å²) in [4.78, 5) is 26.2. The number of hydrogen-bond acceptors (Lipinski definition) is 4. The monoisotopic (exact) mass is 389 g/mol. The van der Waals surface area contributed by atoms with Crippen molar-refractivity contribution in [3.63, 3.8) is 0 Å². The number of nitrogens with zero attached hydrogens (tertiary/aromatic N) is 1. The topological polar surface area (TPSA) is 76.1 Å². The fourth-order valence-corrected chi connectivity index (χ4v) is 4.53. The van der Waals surface area contributed by atoms with Gasteiger partial charge in [-0.05, 0) is 55.2 Å². The van der Waals surface area contributed by atoms with Crippen molar-refractivity contribution in [1.82, 2.24) is 4.90 Å². The van der Waals surface area contributed by atoms with Crippen molar-refractivity contribution in [1.29, 1.82) is 0 Å². The lowest BCUT2D eigenvalue weighted by atomic mass is 9.84. The molecular formula is C22H31NO5. The Bertz CT molecular complexity index is 666. The van der Waals surface area contributed by atoms with E-state index in [0.29, 0.717) is 32.5 Å². The van der Waals surface area contributed by atoms with E-state index in [9.17, 15) is 14.7 Å². The third-order valence-electron chi connectivity index (χ3n) is 6.31. The van der Waals surface area contributed by atoms with Crippen LogP contribution in [0.3, 0.4) is 0 Å². The summed E-state index contributed by atoms with van der Waals surface area (Å²) in [5.41, 5.74) is 1.16. The van der Waals surface area contributed by atoms with Crippen molar-refractivity contribution >= 4 is 11.9 Å². The highest BCUT2D eigenvalue weighted by Crippen LogP contribution is 2.34. The zero-order valence-corrected chi connectivity index (χ0v) is 16.8. The molecule has 0 aliphatic carbocycles. The van der Waals surface area contributed by atoms with Crippen LogP contribution in [-0.2, 0) is 14.3 Å². The third-order valence-corrected chi connectivity index (χ3v) is 6.31. The van der Waals surface area contributed by atoms with Gasteiger partial charge in [-0.15, -0.1) is 0 Å². The lowest BCUT2D eigenvalue weighted by molar-refractivity contribution is -0.146. The minimum absolute atomic E-state index is 0.184. The van der Waals surface area contributed by atoms with Crippen LogP contribution < -0.4 is 4.74 Å². The number of carboxylic acids is 1. The molecule has 3 atom stereocenters. The van der Waals surface area contributed by atoms with Gasteiger partial charge in [0.2, 0.25) is 5.91 Å². The van der Waals surface area contributed by atoms with Crippen LogP contribution in [0, 0.1) is 11.8 Å². The smallest absolute Gasteiger partial charge is 0.309 e. The standard InChI is InChI=1S/C22H31NO5/c1-3-15(16-4-6-18(27-2)7-5-16)14-20(24)23-11-8-17(9-12-23)21-19(22(25)26)10-13-28-21/h4-7,15,17,19,21H,3,8-14H2,1-2H3,(H,25,26)/t15?,19?,21-/m0/s1. The van der Waals surface area contributed by atoms with Crippen molar-refractivity contribution in [3.05, 3.63) is 29.8 Å². The molecular weight excluding hydrogens is 358 g/mol. The Morgan fingerprint density at radius 1 is 1.21 bits per heavy atom. The minimum atomic E-state index is -0.758. The van der Waals surface area contributed by atoms with E-state index in [-0.39, 0.29) is 23.8 Å². The van der Waals surface area contributed by atoms with Gasteiger partial charge in [-0.2, -0.15) is 0 Å². The second-order valence-corrected chi connectivity index (χ2v) is 7.87. The average molecular weight is 389 g/mol. The van der Waals surface area contributed by atoms with Crippen molar-refractivity contribution < 1.29 is 24.2 Å². The van der Waals surface area contributed by atoms with Crippen molar-refractivity contribution in [2.45, 2.75) is 51.0 Å². The van der Waals surface area contributed by atoms with Gasteiger partial charge in [0.1, 0.15) is 5.75 Å². The van der Waals surface area contributed by atoms with Gasteiger partial charge in [-0.1, -0.05) is 19.1 Å². The van der Waals surface area contributed by atoms with Crippen LogP contribution in [0.5, 0.6) is 5.75 Å². The van der Waals surface area contributed by atoms with Crippen LogP contribution in [0.4, 0.5) is 0 Å². The fourth-order valence-electron chi connectivity index (χ4n) is 4.53. The number of likely N-dealkylation sites (tertiary alicyclic amines) is 1. The van der Waals surface area contributed by atoms with Gasteiger partial charge >= 0.3 is 5.97 Å². The normalized spacial score (nSPS) is 24.1. The summed E-state index contributed by atoms with van der Waals surface area (Å²) >= 11 is 0. The third kappa shape index (κ3) is 4.66. The summed E-state index contributed by atoms with van der Waals surface area (Å²) in [5.74, 6) is 0.281. The van der Waals surface area contributed by atoms with Gasteiger partial charge in [-0.25, -0.2) is 0 Å². The van der Waals surface area contributed by atoms with Crippen molar-refractivity contribution in [2.24, 2.45) is 11.8 Å². The maximum absolute atomic E-state index is 12.8. The number of carbonyl (C=O) groups is 2. The molecule has 1 aromatic carbocycles. The number of rotatable bonds is 7. The Kier molecular flexibility index (Phi) is 6.94. The molecule has 0 saturated carbocycles. The Balaban J connectivity index is 1.53. The quantitative estimate of drug-likeness (QED) is 0.774. The Labute approximate surface area is 166 Å². The van der Waals surface area contributed by atoms with E-state index in [0.717, 1.165) is 30.6 Å². The fraction of sp³-hybridized carbons (Fsp3) is 0.636. The molecule has 1 aromatic rings. The largest absolute Gasteiger partial charge is 0.497 e. The maximum Gasteiger partial charge on any atom is 0.309 e. The van der Waals surface area contributed by atoms with E-state index >= 15 is 0 Å². The van der Waals surface area contributed by atoms with Gasteiger partial charge in [0.25, 0.3) is 0 Å². The van der Waals surface area contributed by atoms with E-state index in [2.05, 4.69) is 6.92 Å². The van der Waals surface area contributed by atoms with E-state index < -0.39 is 11.9 Å². The highest BCUT2D eigenvalue weighted by atomic mass is 16.5. The lowest BCUT2D eigenvalue weighted by Gasteiger charge is -2.36. The molecule has 6 heteroatoms. The summed E-state index contributed by atoms with van der Waals surface area (Å²) in [6, 6.07) is 7.95. The van der Waals surface area contributed by atoms with E-state index in [4.69, 9.17) is 9.47 Å². The molecule has 6 nitrogen and oxygen atoms in total. The number of piperidine rings is 1. The molecule has 0 bridgehead atoms. The van der Waals surface area contributed by atoms with Gasteiger partial charge in [0.05, 0.1) is 19.1 Å². The molecule has 2 unspecified atom stereocenters. The predicted molar refractivity (Wildman–Crippen MR) is 105 cm³/mol. The molecule has 3 rings (SSSR count). The number of methoxy groups -OCH3 is 1. The van der Waals surface area contributed by atoms with E-state index in [1.54, 1.807) is 7.11 Å². The van der Waals surface area contributed by atoms with Crippen LogP contribution in [0.1, 0.15) is 50.5 Å². The molecule has 2 saturated heterocycles. The van der Waals surface area contributed by atoms with Crippen LogP contribution in [0.2, 0.25) is 0 Å². The lowest BCUT2D eigenvalue weighted by Crippen LogP contribution is -2.43. The Morgan fingerprint density at radius 2 is 1.89 bits per heavy atom. The number of amides is 1. The number of benzene rings is 1. The van der Waals surface area contributed by atoms with Gasteiger partial charge in [0.15, 0.2) is 0 Å². The summed E-state index contributed by atoms with van der Waals surface area (Å²) in [7, 11) is 1.65. The zero-order valence-electron chi connectivity index (χ0n) is 16.8. The molecule has 0 aromatic heterocycles. The SMILES string of the molecule is CCC(CC(=O)N1CCC([C@@H]2OCCC2C(=O)O)CC1)c1ccc(OC)cc1.